The Morgan fingerprint density at radius 1 is 1.57 bits per heavy atom. The molecule has 1 saturated heterocycles. The Morgan fingerprint density at radius 2 is 2.29 bits per heavy atom. The van der Waals surface area contributed by atoms with Crippen molar-refractivity contribution in [3.05, 3.63) is 12.7 Å². The first-order valence-corrected chi connectivity index (χ1v) is 5.82. The van der Waals surface area contributed by atoms with Crippen molar-refractivity contribution in [2.75, 3.05) is 13.1 Å². The molecule has 1 aliphatic heterocycles. The van der Waals surface area contributed by atoms with Crippen molar-refractivity contribution in [3.63, 3.8) is 0 Å². The largest absolute Gasteiger partial charge is 0.390 e. The van der Waals surface area contributed by atoms with Gasteiger partial charge in [0.25, 0.3) is 0 Å². The SMILES string of the molecule is C=C[C@H]1CNCC[C@H]1CC(O)C(Cl)Cl. The van der Waals surface area contributed by atoms with E-state index in [9.17, 15) is 5.11 Å². The van der Waals surface area contributed by atoms with E-state index >= 15 is 0 Å². The average Bonchev–Trinajstić information content (AvgIpc) is 2.18. The summed E-state index contributed by atoms with van der Waals surface area (Å²) in [6, 6.07) is 0. The Bertz CT molecular complexity index is 187. The second-order valence-corrected chi connectivity index (χ2v) is 4.95. The normalized spacial score (nSPS) is 30.3. The Morgan fingerprint density at radius 3 is 2.86 bits per heavy atom. The van der Waals surface area contributed by atoms with Gasteiger partial charge in [0.2, 0.25) is 0 Å². The van der Waals surface area contributed by atoms with Gasteiger partial charge in [0, 0.05) is 6.54 Å². The fourth-order valence-electron chi connectivity index (χ4n) is 1.92. The summed E-state index contributed by atoms with van der Waals surface area (Å²) in [5, 5.41) is 12.9. The van der Waals surface area contributed by atoms with Crippen molar-refractivity contribution >= 4 is 23.2 Å². The Labute approximate surface area is 95.3 Å². The number of aliphatic hydroxyl groups excluding tert-OH is 1. The number of halogens is 2. The lowest BCUT2D eigenvalue weighted by atomic mass is 9.83. The number of hydrogen-bond acceptors (Lipinski definition) is 2. The highest BCUT2D eigenvalue weighted by Crippen LogP contribution is 2.27. The molecular formula is C10H17Cl2NO. The Balaban J connectivity index is 2.44. The Hall–Kier alpha value is 0.240. The molecule has 14 heavy (non-hydrogen) atoms. The van der Waals surface area contributed by atoms with E-state index in [-0.39, 0.29) is 0 Å². The van der Waals surface area contributed by atoms with Crippen LogP contribution in [0.25, 0.3) is 0 Å². The molecule has 0 aromatic rings. The minimum absolute atomic E-state index is 0.422. The highest BCUT2D eigenvalue weighted by Gasteiger charge is 2.26. The summed E-state index contributed by atoms with van der Waals surface area (Å²) in [6.07, 6.45) is 3.04. The fraction of sp³-hybridized carbons (Fsp3) is 0.800. The van der Waals surface area contributed by atoms with Gasteiger partial charge >= 0.3 is 0 Å². The summed E-state index contributed by atoms with van der Waals surface area (Å²) in [6.45, 7) is 5.74. The van der Waals surface area contributed by atoms with Crippen LogP contribution in [0.1, 0.15) is 12.8 Å². The third kappa shape index (κ3) is 3.43. The van der Waals surface area contributed by atoms with Crippen LogP contribution in [-0.4, -0.2) is 29.1 Å². The van der Waals surface area contributed by atoms with Crippen LogP contribution in [0.2, 0.25) is 0 Å². The summed E-state index contributed by atoms with van der Waals surface area (Å²) >= 11 is 11.2. The highest BCUT2D eigenvalue weighted by molar-refractivity contribution is 6.44. The molecule has 0 radical (unpaired) electrons. The number of alkyl halides is 2. The molecule has 2 N–H and O–H groups in total. The van der Waals surface area contributed by atoms with Gasteiger partial charge in [-0.15, -0.1) is 29.8 Å². The zero-order valence-corrected chi connectivity index (χ0v) is 9.64. The van der Waals surface area contributed by atoms with Gasteiger partial charge < -0.3 is 10.4 Å². The summed E-state index contributed by atoms with van der Waals surface area (Å²) in [5.41, 5.74) is 0. The monoisotopic (exact) mass is 237 g/mol. The van der Waals surface area contributed by atoms with Gasteiger partial charge in [0.15, 0.2) is 0 Å². The van der Waals surface area contributed by atoms with Crippen LogP contribution in [0.5, 0.6) is 0 Å². The van der Waals surface area contributed by atoms with Crippen LogP contribution >= 0.6 is 23.2 Å². The first-order chi connectivity index (χ1) is 6.65. The van der Waals surface area contributed by atoms with Gasteiger partial charge in [-0.2, -0.15) is 0 Å². The van der Waals surface area contributed by atoms with Gasteiger partial charge in [-0.05, 0) is 31.2 Å². The van der Waals surface area contributed by atoms with E-state index in [1.54, 1.807) is 0 Å². The second kappa shape index (κ2) is 5.96. The summed E-state index contributed by atoms with van der Waals surface area (Å²) < 4.78 is 0. The molecule has 3 atom stereocenters. The predicted octanol–water partition coefficient (Wildman–Crippen LogP) is 1.95. The lowest BCUT2D eigenvalue weighted by Crippen LogP contribution is -2.37. The van der Waals surface area contributed by atoms with Crippen molar-refractivity contribution in [3.8, 4) is 0 Å². The number of hydrogen-bond donors (Lipinski definition) is 2. The average molecular weight is 238 g/mol. The maximum absolute atomic E-state index is 9.57. The van der Waals surface area contributed by atoms with Gasteiger partial charge in [-0.3, -0.25) is 0 Å². The molecule has 0 spiro atoms. The molecule has 0 bridgehead atoms. The van der Waals surface area contributed by atoms with Crippen molar-refractivity contribution < 1.29 is 5.11 Å². The molecule has 0 aromatic carbocycles. The molecule has 2 nitrogen and oxygen atoms in total. The summed E-state index contributed by atoms with van der Waals surface area (Å²) in [5.74, 6) is 0.870. The minimum Gasteiger partial charge on any atom is -0.390 e. The van der Waals surface area contributed by atoms with E-state index in [4.69, 9.17) is 23.2 Å². The molecule has 4 heteroatoms. The van der Waals surface area contributed by atoms with Crippen LogP contribution in [0.15, 0.2) is 12.7 Å². The number of aliphatic hydroxyl groups is 1. The molecule has 0 aliphatic carbocycles. The van der Waals surface area contributed by atoms with Crippen LogP contribution < -0.4 is 5.32 Å². The van der Waals surface area contributed by atoms with E-state index in [2.05, 4.69) is 11.9 Å². The van der Waals surface area contributed by atoms with Crippen molar-refractivity contribution in [2.45, 2.75) is 23.8 Å². The molecule has 0 amide bonds. The van der Waals surface area contributed by atoms with Crippen LogP contribution in [0.4, 0.5) is 0 Å². The first kappa shape index (κ1) is 12.3. The van der Waals surface area contributed by atoms with E-state index in [0.717, 1.165) is 19.5 Å². The van der Waals surface area contributed by atoms with Crippen molar-refractivity contribution in [2.24, 2.45) is 11.8 Å². The molecule has 1 rings (SSSR count). The number of rotatable bonds is 4. The topological polar surface area (TPSA) is 32.3 Å². The molecule has 1 fully saturated rings. The fourth-order valence-corrected chi connectivity index (χ4v) is 2.12. The van der Waals surface area contributed by atoms with E-state index < -0.39 is 10.9 Å². The molecule has 0 aromatic heterocycles. The zero-order chi connectivity index (χ0) is 10.6. The number of nitrogens with one attached hydrogen (secondary N) is 1. The van der Waals surface area contributed by atoms with Gasteiger partial charge in [-0.1, -0.05) is 6.08 Å². The van der Waals surface area contributed by atoms with E-state index in [1.165, 1.54) is 0 Å². The van der Waals surface area contributed by atoms with Crippen LogP contribution in [-0.2, 0) is 0 Å². The predicted molar refractivity (Wildman–Crippen MR) is 60.8 cm³/mol. The summed E-state index contributed by atoms with van der Waals surface area (Å²) in [7, 11) is 0. The molecule has 1 unspecified atom stereocenters. The van der Waals surface area contributed by atoms with Gasteiger partial charge in [0.1, 0.15) is 4.84 Å². The van der Waals surface area contributed by atoms with Crippen LogP contribution in [0, 0.1) is 11.8 Å². The zero-order valence-electron chi connectivity index (χ0n) is 8.13. The minimum atomic E-state index is -0.685. The standard InChI is InChI=1S/C10H17Cl2NO/c1-2-7-6-13-4-3-8(7)5-9(14)10(11)12/h2,7-10,13-14H,1,3-6H2/t7-,8-,9?/m0/s1. The van der Waals surface area contributed by atoms with Gasteiger partial charge in [-0.25, -0.2) is 0 Å². The van der Waals surface area contributed by atoms with Crippen molar-refractivity contribution in [1.29, 1.82) is 0 Å². The molecule has 1 heterocycles. The Kier molecular flexibility index (Phi) is 5.24. The molecular weight excluding hydrogens is 221 g/mol. The van der Waals surface area contributed by atoms with E-state index in [1.807, 2.05) is 6.08 Å². The van der Waals surface area contributed by atoms with Crippen molar-refractivity contribution in [1.82, 2.24) is 5.32 Å². The molecule has 1 aliphatic rings. The maximum atomic E-state index is 9.57. The first-order valence-electron chi connectivity index (χ1n) is 4.94. The molecule has 0 saturated carbocycles. The smallest absolute Gasteiger partial charge is 0.133 e. The summed E-state index contributed by atoms with van der Waals surface area (Å²) in [4.78, 5) is -0.685. The number of piperidine rings is 1. The maximum Gasteiger partial charge on any atom is 0.133 e. The third-order valence-corrected chi connectivity index (χ3v) is 3.40. The van der Waals surface area contributed by atoms with Crippen LogP contribution in [0.3, 0.4) is 0 Å². The third-order valence-electron chi connectivity index (χ3n) is 2.82. The molecule has 82 valence electrons. The quantitative estimate of drug-likeness (QED) is 0.579. The lowest BCUT2D eigenvalue weighted by molar-refractivity contribution is 0.130. The lowest BCUT2D eigenvalue weighted by Gasteiger charge is -2.31. The van der Waals surface area contributed by atoms with E-state index in [0.29, 0.717) is 18.3 Å². The van der Waals surface area contributed by atoms with Gasteiger partial charge in [0.05, 0.1) is 6.10 Å². The second-order valence-electron chi connectivity index (χ2n) is 3.79. The highest BCUT2D eigenvalue weighted by atomic mass is 35.5.